The van der Waals surface area contributed by atoms with Crippen molar-refractivity contribution in [1.82, 2.24) is 9.38 Å². The van der Waals surface area contributed by atoms with E-state index in [1.807, 2.05) is 4.40 Å². The number of hydrogen-bond donors (Lipinski definition) is 1. The van der Waals surface area contributed by atoms with Gasteiger partial charge in [0.1, 0.15) is 5.75 Å². The summed E-state index contributed by atoms with van der Waals surface area (Å²) in [4.78, 5) is 4.01. The third-order valence-corrected chi connectivity index (χ3v) is 2.06. The molecule has 0 fully saturated rings. The summed E-state index contributed by atoms with van der Waals surface area (Å²) in [6.45, 7) is 0. The van der Waals surface area contributed by atoms with Crippen molar-refractivity contribution in [2.75, 3.05) is 0 Å². The van der Waals surface area contributed by atoms with Crippen molar-refractivity contribution in [3.63, 3.8) is 0 Å². The first-order valence-electron chi connectivity index (χ1n) is 3.09. The minimum absolute atomic E-state index is 0.255. The van der Waals surface area contributed by atoms with Gasteiger partial charge < -0.3 is 5.11 Å². The quantitative estimate of drug-likeness (QED) is 0.724. The normalized spacial score (nSPS) is 10.6. The molecule has 0 atom stereocenters. The monoisotopic (exact) mass is 212 g/mol. The van der Waals surface area contributed by atoms with Crippen molar-refractivity contribution in [1.29, 1.82) is 0 Å². The van der Waals surface area contributed by atoms with Gasteiger partial charge in [0.05, 0.1) is 11.7 Å². The predicted octanol–water partition coefficient (Wildman–Crippen LogP) is 1.80. The number of nitrogens with zero attached hydrogens (tertiary/aromatic N) is 2. The van der Waals surface area contributed by atoms with Gasteiger partial charge in [-0.2, -0.15) is 0 Å². The fourth-order valence-electron chi connectivity index (χ4n) is 0.955. The number of aromatic hydroxyl groups is 1. The molecule has 4 heteroatoms. The van der Waals surface area contributed by atoms with Crippen molar-refractivity contribution >= 4 is 21.4 Å². The van der Waals surface area contributed by atoms with E-state index in [4.69, 9.17) is 5.11 Å². The Bertz CT molecular complexity index is 396. The number of fused-ring (bicyclic) bond motifs is 1. The Kier molecular flexibility index (Phi) is 1.35. The summed E-state index contributed by atoms with van der Waals surface area (Å²) in [6.07, 6.45) is 3.44. The van der Waals surface area contributed by atoms with Crippen molar-refractivity contribution in [3.05, 3.63) is 29.3 Å². The van der Waals surface area contributed by atoms with Gasteiger partial charge >= 0.3 is 0 Å². The fraction of sp³-hybridized carbons (Fsp3) is 0. The molecule has 0 aliphatic heterocycles. The van der Waals surface area contributed by atoms with Gasteiger partial charge in [-0.25, -0.2) is 4.98 Å². The van der Waals surface area contributed by atoms with Crippen LogP contribution in [0, 0.1) is 0 Å². The molecule has 0 aliphatic carbocycles. The lowest BCUT2D eigenvalue weighted by Crippen LogP contribution is -1.81. The zero-order valence-electron chi connectivity index (χ0n) is 5.53. The van der Waals surface area contributed by atoms with Crippen LogP contribution in [-0.2, 0) is 0 Å². The number of halogens is 1. The molecule has 0 aliphatic rings. The van der Waals surface area contributed by atoms with E-state index in [1.54, 1.807) is 24.5 Å². The largest absolute Gasteiger partial charge is 0.508 e. The highest BCUT2D eigenvalue weighted by Gasteiger charge is 1.98. The lowest BCUT2D eigenvalue weighted by Gasteiger charge is -1.94. The van der Waals surface area contributed by atoms with E-state index in [0.29, 0.717) is 0 Å². The Balaban J connectivity index is 2.86. The van der Waals surface area contributed by atoms with Gasteiger partial charge in [-0.1, -0.05) is 0 Å². The fourth-order valence-corrected chi connectivity index (χ4v) is 1.38. The Hall–Kier alpha value is -1.03. The summed E-state index contributed by atoms with van der Waals surface area (Å²) in [5.41, 5.74) is 0.872. The molecule has 0 radical (unpaired) electrons. The molecule has 3 nitrogen and oxygen atoms in total. The summed E-state index contributed by atoms with van der Waals surface area (Å²) in [7, 11) is 0. The van der Waals surface area contributed by atoms with Gasteiger partial charge in [-0.15, -0.1) is 0 Å². The van der Waals surface area contributed by atoms with Crippen LogP contribution >= 0.6 is 15.9 Å². The molecule has 0 spiro atoms. The molecule has 2 aromatic rings. The SMILES string of the molecule is Oc1ccn2c(Br)ncc2c1. The van der Waals surface area contributed by atoms with Crippen molar-refractivity contribution < 1.29 is 5.11 Å². The van der Waals surface area contributed by atoms with Crippen LogP contribution < -0.4 is 0 Å². The maximum absolute atomic E-state index is 9.08. The van der Waals surface area contributed by atoms with Gasteiger partial charge in [-0.05, 0) is 22.0 Å². The van der Waals surface area contributed by atoms with Crippen LogP contribution in [0.3, 0.4) is 0 Å². The van der Waals surface area contributed by atoms with Crippen LogP contribution in [0.2, 0.25) is 0 Å². The molecule has 56 valence electrons. The molecule has 0 aromatic carbocycles. The molecule has 2 aromatic heterocycles. The average molecular weight is 213 g/mol. The third kappa shape index (κ3) is 0.991. The van der Waals surface area contributed by atoms with Crippen molar-refractivity contribution in [2.24, 2.45) is 0 Å². The first kappa shape index (κ1) is 6.67. The first-order valence-corrected chi connectivity index (χ1v) is 3.88. The highest BCUT2D eigenvalue weighted by molar-refractivity contribution is 9.10. The van der Waals surface area contributed by atoms with E-state index in [0.717, 1.165) is 10.3 Å². The summed E-state index contributed by atoms with van der Waals surface area (Å²) in [5, 5.41) is 9.08. The smallest absolute Gasteiger partial charge is 0.181 e. The molecular weight excluding hydrogens is 208 g/mol. The van der Waals surface area contributed by atoms with Gasteiger partial charge in [0.25, 0.3) is 0 Å². The number of rotatable bonds is 0. The highest BCUT2D eigenvalue weighted by Crippen LogP contribution is 2.16. The highest BCUT2D eigenvalue weighted by atomic mass is 79.9. The van der Waals surface area contributed by atoms with Crippen LogP contribution in [0.5, 0.6) is 5.75 Å². The van der Waals surface area contributed by atoms with Crippen molar-refractivity contribution in [3.8, 4) is 5.75 Å². The Labute approximate surface area is 71.4 Å². The zero-order valence-corrected chi connectivity index (χ0v) is 7.12. The van der Waals surface area contributed by atoms with E-state index in [9.17, 15) is 0 Å². The van der Waals surface area contributed by atoms with E-state index in [1.165, 1.54) is 0 Å². The molecule has 1 N–H and O–H groups in total. The topological polar surface area (TPSA) is 37.5 Å². The standard InChI is InChI=1S/C7H5BrN2O/c8-7-9-4-5-3-6(11)1-2-10(5)7/h1-4,11H. The summed E-state index contributed by atoms with van der Waals surface area (Å²) in [6, 6.07) is 3.26. The Morgan fingerprint density at radius 1 is 1.55 bits per heavy atom. The second-order valence-corrected chi connectivity index (χ2v) is 2.92. The maximum atomic E-state index is 9.08. The van der Waals surface area contributed by atoms with Crippen LogP contribution in [0.15, 0.2) is 29.3 Å². The Morgan fingerprint density at radius 2 is 2.36 bits per heavy atom. The second kappa shape index (κ2) is 2.23. The predicted molar refractivity (Wildman–Crippen MR) is 44.6 cm³/mol. The van der Waals surface area contributed by atoms with Gasteiger partial charge in [0.2, 0.25) is 0 Å². The molecule has 0 unspecified atom stereocenters. The van der Waals surface area contributed by atoms with Gasteiger partial charge in [0.15, 0.2) is 4.73 Å². The van der Waals surface area contributed by atoms with Crippen LogP contribution in [0.25, 0.3) is 5.52 Å². The molecule has 11 heavy (non-hydrogen) atoms. The van der Waals surface area contributed by atoms with E-state index >= 15 is 0 Å². The maximum Gasteiger partial charge on any atom is 0.181 e. The number of hydrogen-bond acceptors (Lipinski definition) is 2. The lowest BCUT2D eigenvalue weighted by molar-refractivity contribution is 0.475. The van der Waals surface area contributed by atoms with E-state index in [2.05, 4.69) is 20.9 Å². The summed E-state index contributed by atoms with van der Waals surface area (Å²) in [5.74, 6) is 0.255. The molecule has 0 amide bonds. The number of aromatic nitrogens is 2. The van der Waals surface area contributed by atoms with Gasteiger partial charge in [-0.3, -0.25) is 4.40 Å². The average Bonchev–Trinajstić information content (AvgIpc) is 2.32. The molecule has 0 bridgehead atoms. The minimum atomic E-state index is 0.255. The van der Waals surface area contributed by atoms with Crippen LogP contribution in [0.1, 0.15) is 0 Å². The molecular formula is C7H5BrN2O. The van der Waals surface area contributed by atoms with Crippen LogP contribution in [-0.4, -0.2) is 14.5 Å². The van der Waals surface area contributed by atoms with Crippen molar-refractivity contribution in [2.45, 2.75) is 0 Å². The summed E-state index contributed by atoms with van der Waals surface area (Å²) >= 11 is 3.26. The second-order valence-electron chi connectivity index (χ2n) is 2.21. The Morgan fingerprint density at radius 3 is 3.18 bits per heavy atom. The molecule has 2 heterocycles. The summed E-state index contributed by atoms with van der Waals surface area (Å²) < 4.78 is 2.58. The number of imidazole rings is 1. The number of pyridine rings is 1. The van der Waals surface area contributed by atoms with Gasteiger partial charge in [0, 0.05) is 12.3 Å². The van der Waals surface area contributed by atoms with Crippen LogP contribution in [0.4, 0.5) is 0 Å². The zero-order chi connectivity index (χ0) is 7.84. The lowest BCUT2D eigenvalue weighted by atomic mass is 10.4. The molecule has 0 saturated carbocycles. The van der Waals surface area contributed by atoms with E-state index < -0.39 is 0 Å². The van der Waals surface area contributed by atoms with E-state index in [-0.39, 0.29) is 5.75 Å². The molecule has 0 saturated heterocycles. The third-order valence-electron chi connectivity index (χ3n) is 1.47. The molecule has 2 rings (SSSR count). The minimum Gasteiger partial charge on any atom is -0.508 e. The first-order chi connectivity index (χ1) is 5.27.